The first-order valence-corrected chi connectivity index (χ1v) is 6.59. The Morgan fingerprint density at radius 1 is 1.00 bits per heavy atom. The van der Waals surface area contributed by atoms with Crippen LogP contribution in [0, 0.1) is 0 Å². The van der Waals surface area contributed by atoms with Crippen LogP contribution in [0.5, 0.6) is 0 Å². The molecule has 0 aromatic carbocycles. The number of halogens is 6. The fourth-order valence-electron chi connectivity index (χ4n) is 0.954. The number of rotatable bonds is 7. The average molecular weight is 348 g/mol. The van der Waals surface area contributed by atoms with E-state index in [0.29, 0.717) is 7.11 Å². The lowest BCUT2D eigenvalue weighted by molar-refractivity contribution is -0.170. The predicted octanol–water partition coefficient (Wildman–Crippen LogP) is 2.48. The second kappa shape index (κ2) is 7.43. The molecule has 0 aliphatic rings. The van der Waals surface area contributed by atoms with E-state index in [2.05, 4.69) is 18.5 Å². The van der Waals surface area contributed by atoms with Crippen molar-refractivity contribution in [1.29, 1.82) is 0 Å². The summed E-state index contributed by atoms with van der Waals surface area (Å²) in [5, 5.41) is 0. The van der Waals surface area contributed by atoms with Gasteiger partial charge >= 0.3 is 25.9 Å². The van der Waals surface area contributed by atoms with Crippen LogP contribution in [0.15, 0.2) is 0 Å². The van der Waals surface area contributed by atoms with E-state index in [9.17, 15) is 35.7 Å². The topological polar surface area (TPSA) is 71.1 Å². The van der Waals surface area contributed by atoms with Gasteiger partial charge in [-0.15, -0.1) is 0 Å². The van der Waals surface area contributed by atoms with Crippen molar-refractivity contribution < 1.29 is 54.2 Å². The monoisotopic (exact) mass is 348 g/mol. The van der Waals surface area contributed by atoms with Crippen molar-refractivity contribution in [3.8, 4) is 0 Å². The molecule has 21 heavy (non-hydrogen) atoms. The van der Waals surface area contributed by atoms with Crippen LogP contribution < -0.4 is 0 Å². The maximum atomic E-state index is 12.0. The van der Waals surface area contributed by atoms with Crippen molar-refractivity contribution >= 4 is 13.6 Å². The Morgan fingerprint density at radius 3 is 1.62 bits per heavy atom. The van der Waals surface area contributed by atoms with E-state index in [0.717, 1.165) is 7.11 Å². The third-order valence-corrected chi connectivity index (χ3v) is 3.70. The lowest BCUT2D eigenvalue weighted by atomic mass is 10.7. The van der Waals surface area contributed by atoms with Gasteiger partial charge < -0.3 is 9.47 Å². The molecule has 13 heteroatoms. The molecule has 0 aromatic heterocycles. The highest BCUT2D eigenvalue weighted by atomic mass is 31.2. The normalized spacial score (nSPS) is 14.9. The molecule has 0 fully saturated rings. The molecule has 1 unspecified atom stereocenters. The number of methoxy groups -OCH3 is 2. The maximum Gasteiger partial charge on any atom is 0.412 e. The quantitative estimate of drug-likeness (QED) is 0.400. The number of alkyl halides is 6. The highest BCUT2D eigenvalue weighted by molar-refractivity contribution is 7.55. The summed E-state index contributed by atoms with van der Waals surface area (Å²) in [5.41, 5.74) is 0. The Bertz CT molecular complexity index is 372. The third-order valence-electron chi connectivity index (χ3n) is 1.73. The standard InChI is InChI=1S/C8H11F6O6P/c1-17-5(15)6(18-2)21(16,19-3-7(9,10)11)20-4-8(12,13)14/h6H,3-4H2,1-2H3. The van der Waals surface area contributed by atoms with E-state index >= 15 is 0 Å². The Kier molecular flexibility index (Phi) is 7.13. The maximum absolute atomic E-state index is 12.0. The van der Waals surface area contributed by atoms with Gasteiger partial charge in [-0.3, -0.25) is 13.6 Å². The molecule has 0 saturated heterocycles. The van der Waals surface area contributed by atoms with Gasteiger partial charge in [-0.1, -0.05) is 0 Å². The van der Waals surface area contributed by atoms with E-state index in [1.165, 1.54) is 0 Å². The first-order valence-electron chi connectivity index (χ1n) is 4.97. The highest BCUT2D eigenvalue weighted by Gasteiger charge is 2.48. The lowest BCUT2D eigenvalue weighted by Gasteiger charge is -2.24. The van der Waals surface area contributed by atoms with Crippen LogP contribution in [0.1, 0.15) is 0 Å². The van der Waals surface area contributed by atoms with Gasteiger partial charge in [-0.25, -0.2) is 4.79 Å². The van der Waals surface area contributed by atoms with Gasteiger partial charge in [0.15, 0.2) is 13.2 Å². The lowest BCUT2D eigenvalue weighted by Crippen LogP contribution is -2.30. The minimum Gasteiger partial charge on any atom is -0.467 e. The van der Waals surface area contributed by atoms with Crippen LogP contribution in [0.3, 0.4) is 0 Å². The number of hydrogen-bond donors (Lipinski definition) is 0. The van der Waals surface area contributed by atoms with Gasteiger partial charge in [0, 0.05) is 7.11 Å². The van der Waals surface area contributed by atoms with Crippen molar-refractivity contribution in [1.82, 2.24) is 0 Å². The Balaban J connectivity index is 5.23. The van der Waals surface area contributed by atoms with Gasteiger partial charge in [0.2, 0.25) is 0 Å². The summed E-state index contributed by atoms with van der Waals surface area (Å²) in [4.78, 5) is 11.2. The van der Waals surface area contributed by atoms with Crippen molar-refractivity contribution in [3.05, 3.63) is 0 Å². The minimum absolute atomic E-state index is 0.710. The van der Waals surface area contributed by atoms with Gasteiger partial charge in [-0.2, -0.15) is 26.3 Å². The van der Waals surface area contributed by atoms with E-state index in [4.69, 9.17) is 0 Å². The first kappa shape index (κ1) is 20.2. The van der Waals surface area contributed by atoms with Gasteiger partial charge in [-0.05, 0) is 0 Å². The molecule has 0 amide bonds. The molecule has 0 heterocycles. The van der Waals surface area contributed by atoms with Crippen LogP contribution in [-0.4, -0.2) is 51.6 Å². The molecule has 1 atom stereocenters. The minimum atomic E-state index is -5.23. The summed E-state index contributed by atoms with van der Waals surface area (Å²) < 4.78 is 100. The number of esters is 1. The zero-order chi connectivity index (χ0) is 16.9. The largest absolute Gasteiger partial charge is 0.467 e. The molecule has 0 rings (SSSR count). The summed E-state index contributed by atoms with van der Waals surface area (Å²) in [6, 6.07) is 0. The van der Waals surface area contributed by atoms with Crippen molar-refractivity contribution in [2.45, 2.75) is 18.2 Å². The number of hydrogen-bond acceptors (Lipinski definition) is 6. The molecule has 126 valence electrons. The van der Waals surface area contributed by atoms with Gasteiger partial charge in [0.05, 0.1) is 7.11 Å². The summed E-state index contributed by atoms with van der Waals surface area (Å²) in [6.45, 7) is -4.39. The molecular formula is C8H11F6O6P. The smallest absolute Gasteiger partial charge is 0.412 e. The summed E-state index contributed by atoms with van der Waals surface area (Å²) in [5.74, 6) is -3.89. The van der Waals surface area contributed by atoms with E-state index in [1.807, 2.05) is 0 Å². The van der Waals surface area contributed by atoms with E-state index < -0.39 is 45.0 Å². The average Bonchev–Trinajstić information content (AvgIpc) is 2.33. The second-order valence-electron chi connectivity index (χ2n) is 3.43. The van der Waals surface area contributed by atoms with Crippen LogP contribution in [0.25, 0.3) is 0 Å². The number of carbonyl (C=O) groups excluding carboxylic acids is 1. The van der Waals surface area contributed by atoms with E-state index in [-0.39, 0.29) is 0 Å². The fraction of sp³-hybridized carbons (Fsp3) is 0.875. The summed E-state index contributed by atoms with van der Waals surface area (Å²) in [6.07, 6.45) is -10.0. The third kappa shape index (κ3) is 7.65. The van der Waals surface area contributed by atoms with Crippen molar-refractivity contribution in [3.63, 3.8) is 0 Å². The Labute approximate surface area is 114 Å². The fourth-order valence-corrected chi connectivity index (χ4v) is 2.57. The molecule has 0 saturated carbocycles. The van der Waals surface area contributed by atoms with Crippen molar-refractivity contribution in [2.24, 2.45) is 0 Å². The van der Waals surface area contributed by atoms with Crippen molar-refractivity contribution in [2.75, 3.05) is 27.4 Å². The SMILES string of the molecule is COC(=O)C(OC)P(=O)(OCC(F)(F)F)OCC(F)(F)F. The molecule has 0 radical (unpaired) electrons. The molecule has 0 N–H and O–H groups in total. The molecule has 0 aliphatic heterocycles. The van der Waals surface area contributed by atoms with Crippen LogP contribution >= 0.6 is 7.60 Å². The molecule has 0 aromatic rings. The molecular weight excluding hydrogens is 337 g/mol. The number of carbonyl (C=O) groups is 1. The molecule has 0 bridgehead atoms. The van der Waals surface area contributed by atoms with Gasteiger partial charge in [0.25, 0.3) is 5.85 Å². The molecule has 0 spiro atoms. The first-order chi connectivity index (χ1) is 9.34. The predicted molar refractivity (Wildman–Crippen MR) is 54.4 cm³/mol. The van der Waals surface area contributed by atoms with Gasteiger partial charge in [0.1, 0.15) is 0 Å². The van der Waals surface area contributed by atoms with Crippen LogP contribution in [-0.2, 0) is 27.9 Å². The zero-order valence-corrected chi connectivity index (χ0v) is 11.6. The van der Waals surface area contributed by atoms with E-state index in [1.54, 1.807) is 0 Å². The Morgan fingerprint density at radius 2 is 1.38 bits per heavy atom. The highest BCUT2D eigenvalue weighted by Crippen LogP contribution is 2.55. The molecule has 6 nitrogen and oxygen atoms in total. The summed E-state index contributed by atoms with van der Waals surface area (Å²) >= 11 is 0. The molecule has 0 aliphatic carbocycles. The van der Waals surface area contributed by atoms with Crippen LogP contribution in [0.2, 0.25) is 0 Å². The zero-order valence-electron chi connectivity index (χ0n) is 10.7. The second-order valence-corrected chi connectivity index (χ2v) is 5.49. The summed E-state index contributed by atoms with van der Waals surface area (Å²) in [7, 11) is -3.77. The number of ether oxygens (including phenoxy) is 2. The Hall–Kier alpha value is -0.840. The van der Waals surface area contributed by atoms with Crippen LogP contribution in [0.4, 0.5) is 26.3 Å².